The Morgan fingerprint density at radius 2 is 2.17 bits per heavy atom. The number of nitrogens with one attached hydrogen (secondary N) is 2. The minimum atomic E-state index is 0.253. The van der Waals surface area contributed by atoms with Gasteiger partial charge in [0.1, 0.15) is 5.75 Å². The summed E-state index contributed by atoms with van der Waals surface area (Å²) in [6.45, 7) is 5.08. The number of hydrogen-bond donors (Lipinski definition) is 2. The van der Waals surface area contributed by atoms with Crippen molar-refractivity contribution in [3.05, 3.63) is 53.3 Å². The van der Waals surface area contributed by atoms with E-state index in [1.165, 1.54) is 16.8 Å². The predicted molar refractivity (Wildman–Crippen MR) is 73.8 cm³/mol. The Hall–Kier alpha value is -1.74. The molecule has 2 rings (SSSR count). The first-order chi connectivity index (χ1) is 8.70. The van der Waals surface area contributed by atoms with Crippen molar-refractivity contribution >= 4 is 0 Å². The van der Waals surface area contributed by atoms with Gasteiger partial charge in [-0.15, -0.1) is 0 Å². The second-order valence-corrected chi connectivity index (χ2v) is 4.54. The number of ether oxygens (including phenoxy) is 1. The molecule has 0 radical (unpaired) electrons. The number of benzene rings is 1. The summed E-state index contributed by atoms with van der Waals surface area (Å²) in [4.78, 5) is 3.19. The second-order valence-electron chi connectivity index (χ2n) is 4.54. The molecule has 0 bridgehead atoms. The van der Waals surface area contributed by atoms with Crippen LogP contribution in [0.25, 0.3) is 0 Å². The number of aromatic amines is 1. The third-order valence-corrected chi connectivity index (χ3v) is 3.11. The highest BCUT2D eigenvalue weighted by Crippen LogP contribution is 2.26. The molecule has 3 heteroatoms. The van der Waals surface area contributed by atoms with Gasteiger partial charge in [0, 0.05) is 30.0 Å². The van der Waals surface area contributed by atoms with Gasteiger partial charge in [0.2, 0.25) is 0 Å². The zero-order valence-electron chi connectivity index (χ0n) is 11.2. The number of aryl methyl sites for hydroxylation is 1. The summed E-state index contributed by atoms with van der Waals surface area (Å²) in [5.41, 5.74) is 3.64. The summed E-state index contributed by atoms with van der Waals surface area (Å²) in [5.74, 6) is 0.937. The third-order valence-electron chi connectivity index (χ3n) is 3.11. The van der Waals surface area contributed by atoms with Crippen molar-refractivity contribution in [1.29, 1.82) is 0 Å². The lowest BCUT2D eigenvalue weighted by atomic mass is 10.0. The Bertz CT molecular complexity index is 491. The quantitative estimate of drug-likeness (QED) is 0.847. The van der Waals surface area contributed by atoms with Crippen LogP contribution in [0.5, 0.6) is 5.75 Å². The molecule has 0 aliphatic heterocycles. The topological polar surface area (TPSA) is 37.0 Å². The SMILES string of the molecule is COc1ccc(C)cc1C(C)NCc1ccc[nH]1. The monoisotopic (exact) mass is 244 g/mol. The first-order valence-corrected chi connectivity index (χ1v) is 6.21. The van der Waals surface area contributed by atoms with Crippen molar-refractivity contribution < 1.29 is 4.74 Å². The number of methoxy groups -OCH3 is 1. The van der Waals surface area contributed by atoms with Gasteiger partial charge in [-0.1, -0.05) is 17.7 Å². The minimum Gasteiger partial charge on any atom is -0.496 e. The van der Waals surface area contributed by atoms with E-state index in [1.54, 1.807) is 7.11 Å². The maximum atomic E-state index is 5.41. The van der Waals surface area contributed by atoms with Gasteiger partial charge in [-0.25, -0.2) is 0 Å². The molecule has 0 amide bonds. The maximum absolute atomic E-state index is 5.41. The number of rotatable bonds is 5. The van der Waals surface area contributed by atoms with Crippen LogP contribution in [0, 0.1) is 6.92 Å². The largest absolute Gasteiger partial charge is 0.496 e. The number of H-pyrrole nitrogens is 1. The molecular weight excluding hydrogens is 224 g/mol. The van der Waals surface area contributed by atoms with Gasteiger partial charge in [-0.05, 0) is 32.0 Å². The molecule has 0 aliphatic rings. The Morgan fingerprint density at radius 1 is 1.33 bits per heavy atom. The molecule has 0 fully saturated rings. The predicted octanol–water partition coefficient (Wildman–Crippen LogP) is 3.18. The van der Waals surface area contributed by atoms with Crippen molar-refractivity contribution in [3.8, 4) is 5.75 Å². The molecule has 0 saturated carbocycles. The number of aromatic nitrogens is 1. The average Bonchev–Trinajstić information content (AvgIpc) is 2.89. The Balaban J connectivity index is 2.08. The molecule has 1 unspecified atom stereocenters. The van der Waals surface area contributed by atoms with Crippen LogP contribution in [0.4, 0.5) is 0 Å². The van der Waals surface area contributed by atoms with Crippen LogP contribution < -0.4 is 10.1 Å². The molecule has 1 heterocycles. The molecule has 0 saturated heterocycles. The third kappa shape index (κ3) is 2.93. The Morgan fingerprint density at radius 3 is 2.83 bits per heavy atom. The summed E-state index contributed by atoms with van der Waals surface area (Å²) in [6.07, 6.45) is 1.94. The van der Waals surface area contributed by atoms with Crippen LogP contribution >= 0.6 is 0 Å². The van der Waals surface area contributed by atoms with Crippen molar-refractivity contribution in [3.63, 3.8) is 0 Å². The van der Waals surface area contributed by atoms with E-state index >= 15 is 0 Å². The minimum absolute atomic E-state index is 0.253. The summed E-state index contributed by atoms with van der Waals surface area (Å²) in [5, 5.41) is 3.49. The van der Waals surface area contributed by atoms with E-state index in [1.807, 2.05) is 18.3 Å². The standard InChI is InChI=1S/C15H20N2O/c1-11-6-7-15(18-3)14(9-11)12(2)17-10-13-5-4-8-16-13/h4-9,12,16-17H,10H2,1-3H3. The molecule has 96 valence electrons. The lowest BCUT2D eigenvalue weighted by molar-refractivity contribution is 0.401. The van der Waals surface area contributed by atoms with Crippen molar-refractivity contribution in [2.75, 3.05) is 7.11 Å². The fraction of sp³-hybridized carbons (Fsp3) is 0.333. The molecule has 18 heavy (non-hydrogen) atoms. The van der Waals surface area contributed by atoms with E-state index in [0.717, 1.165) is 12.3 Å². The molecule has 0 aliphatic carbocycles. The van der Waals surface area contributed by atoms with Gasteiger partial charge in [-0.2, -0.15) is 0 Å². The Labute approximate surface area is 108 Å². The van der Waals surface area contributed by atoms with Crippen LogP contribution in [-0.4, -0.2) is 12.1 Å². The zero-order valence-corrected chi connectivity index (χ0v) is 11.2. The molecule has 1 aromatic heterocycles. The smallest absolute Gasteiger partial charge is 0.123 e. The van der Waals surface area contributed by atoms with Crippen LogP contribution in [0.1, 0.15) is 29.8 Å². The van der Waals surface area contributed by atoms with E-state index < -0.39 is 0 Å². The molecule has 1 aromatic carbocycles. The summed E-state index contributed by atoms with van der Waals surface area (Å²) < 4.78 is 5.41. The van der Waals surface area contributed by atoms with E-state index in [-0.39, 0.29) is 6.04 Å². The lowest BCUT2D eigenvalue weighted by Gasteiger charge is -2.17. The summed E-state index contributed by atoms with van der Waals surface area (Å²) in [7, 11) is 1.71. The average molecular weight is 244 g/mol. The highest BCUT2D eigenvalue weighted by Gasteiger charge is 2.11. The van der Waals surface area contributed by atoms with E-state index in [2.05, 4.69) is 42.3 Å². The highest BCUT2D eigenvalue weighted by molar-refractivity contribution is 5.38. The highest BCUT2D eigenvalue weighted by atomic mass is 16.5. The Kier molecular flexibility index (Phi) is 4.05. The second kappa shape index (κ2) is 5.74. The van der Waals surface area contributed by atoms with Gasteiger partial charge >= 0.3 is 0 Å². The number of hydrogen-bond acceptors (Lipinski definition) is 2. The van der Waals surface area contributed by atoms with Crippen LogP contribution in [0.2, 0.25) is 0 Å². The first-order valence-electron chi connectivity index (χ1n) is 6.21. The molecule has 2 aromatic rings. The normalized spacial score (nSPS) is 12.4. The van der Waals surface area contributed by atoms with Gasteiger partial charge in [0.15, 0.2) is 0 Å². The van der Waals surface area contributed by atoms with Gasteiger partial charge < -0.3 is 15.0 Å². The fourth-order valence-electron chi connectivity index (χ4n) is 2.04. The van der Waals surface area contributed by atoms with E-state index in [0.29, 0.717) is 0 Å². The molecule has 1 atom stereocenters. The molecule has 0 spiro atoms. The van der Waals surface area contributed by atoms with Gasteiger partial charge in [0.05, 0.1) is 7.11 Å². The van der Waals surface area contributed by atoms with E-state index in [9.17, 15) is 0 Å². The van der Waals surface area contributed by atoms with Crippen LogP contribution in [-0.2, 0) is 6.54 Å². The van der Waals surface area contributed by atoms with Gasteiger partial charge in [-0.3, -0.25) is 0 Å². The van der Waals surface area contributed by atoms with Crippen LogP contribution in [0.3, 0.4) is 0 Å². The molecule has 2 N–H and O–H groups in total. The van der Waals surface area contributed by atoms with Crippen LogP contribution in [0.15, 0.2) is 36.5 Å². The lowest BCUT2D eigenvalue weighted by Crippen LogP contribution is -2.19. The fourth-order valence-corrected chi connectivity index (χ4v) is 2.04. The summed E-state index contributed by atoms with van der Waals surface area (Å²) >= 11 is 0. The van der Waals surface area contributed by atoms with Gasteiger partial charge in [0.25, 0.3) is 0 Å². The first kappa shape index (κ1) is 12.7. The van der Waals surface area contributed by atoms with Crippen molar-refractivity contribution in [1.82, 2.24) is 10.3 Å². The van der Waals surface area contributed by atoms with Crippen molar-refractivity contribution in [2.24, 2.45) is 0 Å². The molecular formula is C15H20N2O. The maximum Gasteiger partial charge on any atom is 0.123 e. The zero-order chi connectivity index (χ0) is 13.0. The van der Waals surface area contributed by atoms with Crippen molar-refractivity contribution in [2.45, 2.75) is 26.4 Å². The molecule has 3 nitrogen and oxygen atoms in total. The summed E-state index contributed by atoms with van der Waals surface area (Å²) in [6, 6.07) is 10.6. The van der Waals surface area contributed by atoms with E-state index in [4.69, 9.17) is 4.74 Å².